The molecule has 0 radical (unpaired) electrons. The topological polar surface area (TPSA) is 28.5 Å². The van der Waals surface area contributed by atoms with Gasteiger partial charge in [-0.3, -0.25) is 9.36 Å². The maximum Gasteiger partial charge on any atom is 0.260 e. The summed E-state index contributed by atoms with van der Waals surface area (Å²) >= 11 is 0. The minimum Gasteiger partial charge on any atom is -0.349 e. The molecule has 0 unspecified atom stereocenters. The first-order chi connectivity index (χ1) is 12.3. The van der Waals surface area contributed by atoms with Crippen molar-refractivity contribution in [1.29, 1.82) is 0 Å². The molecule has 0 spiro atoms. The van der Waals surface area contributed by atoms with Crippen molar-refractivity contribution in [3.63, 3.8) is 0 Å². The SMILES string of the molecule is CN(C)CCc1cn(C(=O)C2=CN(C(C)(C)C)C=CC2)c2ccccc12. The Hall–Kier alpha value is -2.33. The van der Waals surface area contributed by atoms with Crippen LogP contribution in [0.5, 0.6) is 0 Å². The molecule has 3 rings (SSSR count). The monoisotopic (exact) mass is 351 g/mol. The Morgan fingerprint density at radius 2 is 1.92 bits per heavy atom. The molecule has 4 nitrogen and oxygen atoms in total. The molecule has 0 fully saturated rings. The van der Waals surface area contributed by atoms with Crippen LogP contribution in [0.1, 0.15) is 37.6 Å². The molecule has 0 amide bonds. The number of likely N-dealkylation sites (N-methyl/N-ethyl adjacent to an activating group) is 1. The van der Waals surface area contributed by atoms with Crippen molar-refractivity contribution in [3.8, 4) is 0 Å². The zero-order valence-corrected chi connectivity index (χ0v) is 16.5. The molecule has 1 aromatic carbocycles. The molecule has 2 aromatic rings. The maximum atomic E-state index is 13.3. The first kappa shape index (κ1) is 18.5. The van der Waals surface area contributed by atoms with Gasteiger partial charge >= 0.3 is 0 Å². The summed E-state index contributed by atoms with van der Waals surface area (Å²) in [4.78, 5) is 17.5. The number of aromatic nitrogens is 1. The first-order valence-electron chi connectivity index (χ1n) is 9.21. The van der Waals surface area contributed by atoms with Gasteiger partial charge in [-0.05, 0) is 59.3 Å². The summed E-state index contributed by atoms with van der Waals surface area (Å²) in [5.74, 6) is 0.0657. The van der Waals surface area contributed by atoms with Gasteiger partial charge in [-0.2, -0.15) is 0 Å². The second-order valence-corrected chi connectivity index (χ2v) is 8.22. The third-order valence-electron chi connectivity index (χ3n) is 4.79. The molecule has 0 bridgehead atoms. The van der Waals surface area contributed by atoms with Crippen molar-refractivity contribution in [2.75, 3.05) is 20.6 Å². The second-order valence-electron chi connectivity index (χ2n) is 8.22. The number of benzene rings is 1. The number of rotatable bonds is 4. The normalized spacial score (nSPS) is 15.0. The van der Waals surface area contributed by atoms with E-state index in [4.69, 9.17) is 0 Å². The summed E-state index contributed by atoms with van der Waals surface area (Å²) < 4.78 is 1.83. The van der Waals surface area contributed by atoms with Crippen LogP contribution in [0.2, 0.25) is 0 Å². The molecule has 2 heterocycles. The predicted molar refractivity (Wildman–Crippen MR) is 108 cm³/mol. The highest BCUT2D eigenvalue weighted by Gasteiger charge is 2.23. The van der Waals surface area contributed by atoms with Crippen LogP contribution in [-0.2, 0) is 6.42 Å². The van der Waals surface area contributed by atoms with Crippen LogP contribution >= 0.6 is 0 Å². The number of hydrogen-bond donors (Lipinski definition) is 0. The van der Waals surface area contributed by atoms with Gasteiger partial charge in [0.2, 0.25) is 0 Å². The Morgan fingerprint density at radius 3 is 2.62 bits per heavy atom. The van der Waals surface area contributed by atoms with Crippen LogP contribution < -0.4 is 0 Å². The van der Waals surface area contributed by atoms with Crippen LogP contribution in [0.15, 0.2) is 54.5 Å². The van der Waals surface area contributed by atoms with Gasteiger partial charge < -0.3 is 9.80 Å². The van der Waals surface area contributed by atoms with Crippen LogP contribution in [0.4, 0.5) is 0 Å². The summed E-state index contributed by atoms with van der Waals surface area (Å²) in [6.07, 6.45) is 9.75. The van der Waals surface area contributed by atoms with Crippen LogP contribution in [-0.4, -0.2) is 46.5 Å². The average Bonchev–Trinajstić information content (AvgIpc) is 2.97. The third kappa shape index (κ3) is 3.75. The molecule has 26 heavy (non-hydrogen) atoms. The predicted octanol–water partition coefficient (Wildman–Crippen LogP) is 4.29. The van der Waals surface area contributed by atoms with Gasteiger partial charge in [-0.15, -0.1) is 0 Å². The van der Waals surface area contributed by atoms with E-state index < -0.39 is 0 Å². The Labute approximate surface area is 156 Å². The Bertz CT molecular complexity index is 865. The Balaban J connectivity index is 1.97. The molecule has 1 aliphatic rings. The fraction of sp³-hybridized carbons (Fsp3) is 0.409. The molecule has 0 atom stereocenters. The summed E-state index contributed by atoms with van der Waals surface area (Å²) in [6.45, 7) is 7.40. The van der Waals surface area contributed by atoms with Crippen LogP contribution in [0.25, 0.3) is 10.9 Å². The summed E-state index contributed by atoms with van der Waals surface area (Å²) in [7, 11) is 4.15. The highest BCUT2D eigenvalue weighted by molar-refractivity contribution is 6.02. The average molecular weight is 351 g/mol. The second kappa shape index (κ2) is 7.12. The lowest BCUT2D eigenvalue weighted by Gasteiger charge is -2.34. The van der Waals surface area contributed by atoms with Gasteiger partial charge in [0.15, 0.2) is 0 Å². The largest absolute Gasteiger partial charge is 0.349 e. The van der Waals surface area contributed by atoms with Gasteiger partial charge in [0.1, 0.15) is 0 Å². The van der Waals surface area contributed by atoms with Crippen molar-refractivity contribution < 1.29 is 4.79 Å². The van der Waals surface area contributed by atoms with Crippen molar-refractivity contribution >= 4 is 16.8 Å². The molecular formula is C22H29N3O. The zero-order chi connectivity index (χ0) is 18.9. The van der Waals surface area contributed by atoms with E-state index in [9.17, 15) is 4.79 Å². The number of allylic oxidation sites excluding steroid dienone is 2. The Kier molecular flexibility index (Phi) is 5.05. The number of fused-ring (bicyclic) bond motifs is 1. The first-order valence-corrected chi connectivity index (χ1v) is 9.21. The Morgan fingerprint density at radius 1 is 1.19 bits per heavy atom. The van der Waals surface area contributed by atoms with Gasteiger partial charge in [0, 0.05) is 41.6 Å². The summed E-state index contributed by atoms with van der Waals surface area (Å²) in [5, 5.41) is 1.17. The molecule has 1 aromatic heterocycles. The van der Waals surface area contributed by atoms with Gasteiger partial charge in [0.05, 0.1) is 5.52 Å². The fourth-order valence-electron chi connectivity index (χ4n) is 3.23. The number of carbonyl (C=O) groups is 1. The van der Waals surface area contributed by atoms with Crippen molar-refractivity contribution in [2.24, 2.45) is 0 Å². The number of carbonyl (C=O) groups excluding carboxylic acids is 1. The lowest BCUT2D eigenvalue weighted by Crippen LogP contribution is -2.35. The lowest BCUT2D eigenvalue weighted by molar-refractivity contribution is 0.0953. The standard InChI is InChI=1S/C22H29N3O/c1-22(2,3)24-13-8-9-18(15-24)21(26)25-16-17(12-14-23(4)5)19-10-6-7-11-20(19)25/h6-8,10-11,13,15-16H,9,12,14H2,1-5H3. The lowest BCUT2D eigenvalue weighted by atomic mass is 10.0. The van der Waals surface area contributed by atoms with E-state index in [0.717, 1.165) is 24.1 Å². The molecule has 1 aliphatic heterocycles. The zero-order valence-electron chi connectivity index (χ0n) is 16.5. The van der Waals surface area contributed by atoms with Gasteiger partial charge in [-0.25, -0.2) is 0 Å². The third-order valence-corrected chi connectivity index (χ3v) is 4.79. The summed E-state index contributed by atoms with van der Waals surface area (Å²) in [6, 6.07) is 8.19. The van der Waals surface area contributed by atoms with Crippen LogP contribution in [0.3, 0.4) is 0 Å². The minimum atomic E-state index is -0.0436. The maximum absolute atomic E-state index is 13.3. The molecular weight excluding hydrogens is 322 g/mol. The minimum absolute atomic E-state index is 0.0436. The van der Waals surface area contributed by atoms with E-state index in [1.165, 1.54) is 10.9 Å². The smallest absolute Gasteiger partial charge is 0.260 e. The molecule has 4 heteroatoms. The highest BCUT2D eigenvalue weighted by Crippen LogP contribution is 2.26. The van der Waals surface area contributed by atoms with Crippen molar-refractivity contribution in [1.82, 2.24) is 14.4 Å². The van der Waals surface area contributed by atoms with Crippen molar-refractivity contribution in [3.05, 3.63) is 60.1 Å². The van der Waals surface area contributed by atoms with E-state index in [1.54, 1.807) is 0 Å². The van der Waals surface area contributed by atoms with Crippen LogP contribution in [0, 0.1) is 0 Å². The van der Waals surface area contributed by atoms with E-state index in [2.05, 4.69) is 63.0 Å². The fourth-order valence-corrected chi connectivity index (χ4v) is 3.23. The van der Waals surface area contributed by atoms with Gasteiger partial charge in [0.25, 0.3) is 5.91 Å². The highest BCUT2D eigenvalue weighted by atomic mass is 16.2. The molecule has 0 N–H and O–H groups in total. The molecule has 138 valence electrons. The van der Waals surface area contributed by atoms with Gasteiger partial charge in [-0.1, -0.05) is 24.3 Å². The quantitative estimate of drug-likeness (QED) is 0.823. The van der Waals surface area contributed by atoms with Crippen molar-refractivity contribution in [2.45, 2.75) is 39.2 Å². The molecule has 0 saturated carbocycles. The number of hydrogen-bond acceptors (Lipinski definition) is 3. The molecule has 0 saturated heterocycles. The number of para-hydroxylation sites is 1. The number of nitrogens with zero attached hydrogens (tertiary/aromatic N) is 3. The van der Waals surface area contributed by atoms with E-state index in [1.807, 2.05) is 35.2 Å². The van der Waals surface area contributed by atoms with E-state index >= 15 is 0 Å². The summed E-state index contributed by atoms with van der Waals surface area (Å²) in [5.41, 5.74) is 2.99. The van der Waals surface area contributed by atoms with E-state index in [-0.39, 0.29) is 11.4 Å². The van der Waals surface area contributed by atoms with E-state index in [0.29, 0.717) is 6.42 Å². The molecule has 0 aliphatic carbocycles.